The van der Waals surface area contributed by atoms with Crippen LogP contribution in [0.15, 0.2) is 66.1 Å². The van der Waals surface area contributed by atoms with E-state index in [2.05, 4.69) is 55.6 Å². The molecule has 2 heterocycles. The quantitative estimate of drug-likeness (QED) is 0.333. The maximum Gasteiger partial charge on any atom is 0.136 e. The van der Waals surface area contributed by atoms with Gasteiger partial charge in [-0.05, 0) is 41.1 Å². The van der Waals surface area contributed by atoms with Gasteiger partial charge in [-0.25, -0.2) is 0 Å². The molecule has 2 heteroatoms. The van der Waals surface area contributed by atoms with Crippen molar-refractivity contribution in [2.45, 2.75) is 0 Å². The van der Waals surface area contributed by atoms with Gasteiger partial charge in [0.15, 0.2) is 0 Å². The zero-order valence-electron chi connectivity index (χ0n) is 13.0. The van der Waals surface area contributed by atoms with E-state index < -0.39 is 0 Å². The third-order valence-corrected chi connectivity index (χ3v) is 5.76. The highest BCUT2D eigenvalue weighted by Gasteiger charge is 2.14. The van der Waals surface area contributed by atoms with Crippen LogP contribution in [0.2, 0.25) is 0 Å². The summed E-state index contributed by atoms with van der Waals surface area (Å²) in [4.78, 5) is 0. The van der Waals surface area contributed by atoms with Crippen LogP contribution in [0.4, 0.5) is 0 Å². The van der Waals surface area contributed by atoms with E-state index in [0.717, 1.165) is 22.3 Å². The second kappa shape index (κ2) is 4.83. The van der Waals surface area contributed by atoms with Crippen molar-refractivity contribution in [3.63, 3.8) is 0 Å². The normalized spacial score (nSPS) is 11.7. The Morgan fingerprint density at radius 2 is 1.71 bits per heavy atom. The summed E-state index contributed by atoms with van der Waals surface area (Å²) in [6.07, 6.45) is 3.61. The molecule has 0 aliphatic heterocycles. The first-order valence-corrected chi connectivity index (χ1v) is 8.67. The fraction of sp³-hybridized carbons (Fsp3) is 0. The summed E-state index contributed by atoms with van der Waals surface area (Å²) in [6.45, 7) is 7.82. The molecule has 0 unspecified atom stereocenters. The van der Waals surface area contributed by atoms with Crippen molar-refractivity contribution in [1.29, 1.82) is 0 Å². The van der Waals surface area contributed by atoms with Crippen LogP contribution in [0.25, 0.3) is 54.1 Å². The van der Waals surface area contributed by atoms with Gasteiger partial charge in [-0.1, -0.05) is 43.5 Å². The van der Waals surface area contributed by atoms with Crippen molar-refractivity contribution >= 4 is 65.4 Å². The molecule has 0 N–H and O–H groups in total. The average molecular weight is 326 g/mol. The van der Waals surface area contributed by atoms with Crippen molar-refractivity contribution in [2.24, 2.45) is 0 Å². The van der Waals surface area contributed by atoms with Crippen LogP contribution in [0.3, 0.4) is 0 Å². The fourth-order valence-electron chi connectivity index (χ4n) is 3.54. The van der Waals surface area contributed by atoms with Gasteiger partial charge in [0.1, 0.15) is 11.3 Å². The molecular weight excluding hydrogens is 312 g/mol. The Morgan fingerprint density at radius 1 is 0.833 bits per heavy atom. The third-order valence-electron chi connectivity index (χ3n) is 4.62. The summed E-state index contributed by atoms with van der Waals surface area (Å²) < 4.78 is 8.58. The van der Waals surface area contributed by atoms with E-state index in [-0.39, 0.29) is 0 Å². The molecule has 5 aromatic rings. The molecular formula is C22H14OS. The topological polar surface area (TPSA) is 13.1 Å². The summed E-state index contributed by atoms with van der Waals surface area (Å²) in [6, 6.07) is 17.3. The van der Waals surface area contributed by atoms with E-state index in [4.69, 9.17) is 4.42 Å². The van der Waals surface area contributed by atoms with Gasteiger partial charge >= 0.3 is 0 Å². The van der Waals surface area contributed by atoms with Gasteiger partial charge in [-0.2, -0.15) is 0 Å². The van der Waals surface area contributed by atoms with Crippen molar-refractivity contribution in [3.05, 3.63) is 73.0 Å². The standard InChI is InChI=1S/C22H14OS/c1-3-14-18(4-2)23-19-10-9-13-11-21-17(12-16(13)22(14)19)15-7-5-6-8-20(15)24-21/h3-12H,1-2H2. The Morgan fingerprint density at radius 3 is 2.54 bits per heavy atom. The van der Waals surface area contributed by atoms with E-state index in [9.17, 15) is 0 Å². The lowest BCUT2D eigenvalue weighted by Gasteiger charge is -2.02. The average Bonchev–Trinajstić information content (AvgIpc) is 3.17. The monoisotopic (exact) mass is 326 g/mol. The summed E-state index contributed by atoms with van der Waals surface area (Å²) in [5.41, 5.74) is 1.90. The van der Waals surface area contributed by atoms with Crippen LogP contribution in [-0.4, -0.2) is 0 Å². The third kappa shape index (κ3) is 1.69. The molecule has 0 saturated heterocycles. The molecule has 0 atom stereocenters. The Bertz CT molecular complexity index is 1280. The smallest absolute Gasteiger partial charge is 0.136 e. The molecule has 1 nitrogen and oxygen atoms in total. The minimum atomic E-state index is 0.780. The number of hydrogen-bond acceptors (Lipinski definition) is 2. The first-order valence-electron chi connectivity index (χ1n) is 7.85. The molecule has 114 valence electrons. The van der Waals surface area contributed by atoms with Crippen molar-refractivity contribution < 1.29 is 4.42 Å². The van der Waals surface area contributed by atoms with Crippen LogP contribution in [0.1, 0.15) is 11.3 Å². The van der Waals surface area contributed by atoms with Crippen molar-refractivity contribution in [2.75, 3.05) is 0 Å². The fourth-order valence-corrected chi connectivity index (χ4v) is 4.67. The lowest BCUT2D eigenvalue weighted by atomic mass is 10.00. The van der Waals surface area contributed by atoms with E-state index in [1.165, 1.54) is 30.9 Å². The Hall–Kier alpha value is -2.84. The number of hydrogen-bond donors (Lipinski definition) is 0. The first-order chi connectivity index (χ1) is 11.8. The molecule has 0 bridgehead atoms. The molecule has 0 spiro atoms. The summed E-state index contributed by atoms with van der Waals surface area (Å²) in [5, 5.41) is 6.15. The SMILES string of the molecule is C=Cc1oc2ccc3cc4sc5ccccc5c4cc3c2c1C=C. The highest BCUT2D eigenvalue weighted by atomic mass is 32.1. The van der Waals surface area contributed by atoms with Crippen LogP contribution >= 0.6 is 11.3 Å². The predicted octanol–water partition coefficient (Wildman–Crippen LogP) is 7.24. The van der Waals surface area contributed by atoms with Crippen LogP contribution in [0, 0.1) is 0 Å². The Kier molecular flexibility index (Phi) is 2.73. The van der Waals surface area contributed by atoms with Gasteiger partial charge in [0.05, 0.1) is 0 Å². The van der Waals surface area contributed by atoms with Crippen LogP contribution < -0.4 is 0 Å². The van der Waals surface area contributed by atoms with Crippen LogP contribution in [-0.2, 0) is 0 Å². The van der Waals surface area contributed by atoms with E-state index in [1.54, 1.807) is 6.08 Å². The zero-order chi connectivity index (χ0) is 16.3. The molecule has 5 rings (SSSR count). The van der Waals surface area contributed by atoms with Crippen molar-refractivity contribution in [3.8, 4) is 0 Å². The second-order valence-electron chi connectivity index (χ2n) is 5.89. The minimum absolute atomic E-state index is 0.780. The number of thiophene rings is 1. The maximum atomic E-state index is 5.94. The van der Waals surface area contributed by atoms with E-state index in [0.29, 0.717) is 0 Å². The Balaban J connectivity index is 2.04. The molecule has 0 saturated carbocycles. The lowest BCUT2D eigenvalue weighted by Crippen LogP contribution is -1.77. The first kappa shape index (κ1) is 13.6. The predicted molar refractivity (Wildman–Crippen MR) is 107 cm³/mol. The van der Waals surface area contributed by atoms with Gasteiger partial charge < -0.3 is 4.42 Å². The number of fused-ring (bicyclic) bond motifs is 6. The van der Waals surface area contributed by atoms with Crippen molar-refractivity contribution in [1.82, 2.24) is 0 Å². The summed E-state index contributed by atoms with van der Waals surface area (Å²) >= 11 is 1.84. The van der Waals surface area contributed by atoms with Gasteiger partial charge in [-0.15, -0.1) is 11.3 Å². The largest absolute Gasteiger partial charge is 0.456 e. The summed E-state index contributed by atoms with van der Waals surface area (Å²) in [7, 11) is 0. The number of rotatable bonds is 2. The number of benzene rings is 3. The zero-order valence-corrected chi connectivity index (χ0v) is 13.8. The molecule has 0 radical (unpaired) electrons. The molecule has 0 amide bonds. The van der Waals surface area contributed by atoms with Gasteiger partial charge in [-0.3, -0.25) is 0 Å². The van der Waals surface area contributed by atoms with E-state index >= 15 is 0 Å². The summed E-state index contributed by atoms with van der Waals surface area (Å²) in [5.74, 6) is 0.780. The second-order valence-corrected chi connectivity index (χ2v) is 6.98. The van der Waals surface area contributed by atoms with Gasteiger partial charge in [0, 0.05) is 31.1 Å². The van der Waals surface area contributed by atoms with Crippen LogP contribution in [0.5, 0.6) is 0 Å². The highest BCUT2D eigenvalue weighted by molar-refractivity contribution is 7.25. The minimum Gasteiger partial charge on any atom is -0.456 e. The Labute approximate surface area is 143 Å². The van der Waals surface area contributed by atoms with Gasteiger partial charge in [0.2, 0.25) is 0 Å². The highest BCUT2D eigenvalue weighted by Crippen LogP contribution is 2.40. The maximum absolute atomic E-state index is 5.94. The molecule has 0 fully saturated rings. The number of furan rings is 1. The molecule has 0 aliphatic carbocycles. The molecule has 24 heavy (non-hydrogen) atoms. The van der Waals surface area contributed by atoms with E-state index in [1.807, 2.05) is 23.5 Å². The molecule has 0 aliphatic rings. The molecule has 3 aromatic carbocycles. The van der Waals surface area contributed by atoms with Gasteiger partial charge in [0.25, 0.3) is 0 Å². The molecule has 2 aromatic heterocycles. The lowest BCUT2D eigenvalue weighted by molar-refractivity contribution is 0.604.